The van der Waals surface area contributed by atoms with Crippen molar-refractivity contribution in [1.82, 2.24) is 4.31 Å². The molecule has 2 atom stereocenters. The summed E-state index contributed by atoms with van der Waals surface area (Å²) in [6.45, 7) is 4.90. The Balaban J connectivity index is 1.87. The highest BCUT2D eigenvalue weighted by atomic mass is 32.2. The molecule has 0 fully saturated rings. The number of non-ortho nitro benzene ring substituents is 1. The first-order valence-electron chi connectivity index (χ1n) is 10.4. The highest BCUT2D eigenvalue weighted by Crippen LogP contribution is 2.27. The molecule has 34 heavy (non-hydrogen) atoms. The molecule has 0 spiro atoms. The van der Waals surface area contributed by atoms with Gasteiger partial charge in [-0.2, -0.15) is 4.31 Å². The normalized spacial score (nSPS) is 19.4. The molecule has 11 heteroatoms. The van der Waals surface area contributed by atoms with Gasteiger partial charge >= 0.3 is 6.09 Å². The Morgan fingerprint density at radius 2 is 1.74 bits per heavy atom. The first-order chi connectivity index (χ1) is 16.0. The summed E-state index contributed by atoms with van der Waals surface area (Å²) in [7, 11) is -4.15. The first-order valence-corrected chi connectivity index (χ1v) is 11.9. The summed E-state index contributed by atoms with van der Waals surface area (Å²) < 4.78 is 43.3. The van der Waals surface area contributed by atoms with E-state index in [-0.39, 0.29) is 24.7 Å². The molecule has 1 heterocycles. The van der Waals surface area contributed by atoms with Crippen molar-refractivity contribution in [2.24, 2.45) is 0 Å². The fourth-order valence-corrected chi connectivity index (χ4v) is 4.48. The molecule has 0 bridgehead atoms. The van der Waals surface area contributed by atoms with E-state index in [1.54, 1.807) is 20.8 Å². The second kappa shape index (κ2) is 10.2. The van der Waals surface area contributed by atoms with Crippen LogP contribution >= 0.6 is 0 Å². The minimum atomic E-state index is -4.15. The average molecular weight is 491 g/mol. The van der Waals surface area contributed by atoms with E-state index in [1.807, 2.05) is 30.3 Å². The van der Waals surface area contributed by atoms with Crippen LogP contribution in [-0.2, 0) is 26.1 Å². The number of hydrogen-bond donors (Lipinski definition) is 0. The number of rotatable bonds is 7. The van der Waals surface area contributed by atoms with Crippen LogP contribution < -0.4 is 4.74 Å². The number of carbonyl (C=O) groups is 1. The molecule has 0 radical (unpaired) electrons. The van der Waals surface area contributed by atoms with Crippen LogP contribution in [0.5, 0.6) is 5.75 Å². The van der Waals surface area contributed by atoms with E-state index in [0.717, 1.165) is 11.0 Å². The SMILES string of the molecule is CC(C)(C)OC(=O)N1[C@@H](COCc2ccccc2)[C@@H](Oc2ccc([N+](=O)[O-])cc2)C=CS1(=O)=O. The summed E-state index contributed by atoms with van der Waals surface area (Å²) in [6.07, 6.45) is -0.663. The van der Waals surface area contributed by atoms with Crippen LogP contribution in [0.15, 0.2) is 66.1 Å². The van der Waals surface area contributed by atoms with E-state index in [1.165, 1.54) is 30.3 Å². The smallest absolute Gasteiger partial charge is 0.424 e. The van der Waals surface area contributed by atoms with Crippen molar-refractivity contribution >= 4 is 21.8 Å². The molecule has 1 aliphatic heterocycles. The Kier molecular flexibility index (Phi) is 7.57. The maximum Gasteiger partial charge on any atom is 0.424 e. The van der Waals surface area contributed by atoms with Gasteiger partial charge in [0.05, 0.1) is 23.5 Å². The first kappa shape index (κ1) is 25.2. The van der Waals surface area contributed by atoms with Crippen molar-refractivity contribution in [3.8, 4) is 5.75 Å². The van der Waals surface area contributed by atoms with E-state index < -0.39 is 38.8 Å². The molecule has 0 aromatic heterocycles. The molecule has 2 aromatic rings. The Bertz CT molecular complexity index is 1140. The predicted octanol–water partition coefficient (Wildman–Crippen LogP) is 4.02. The zero-order valence-electron chi connectivity index (χ0n) is 19.0. The van der Waals surface area contributed by atoms with Crippen molar-refractivity contribution in [2.45, 2.75) is 45.1 Å². The number of benzene rings is 2. The molecule has 1 aliphatic rings. The van der Waals surface area contributed by atoms with E-state index in [4.69, 9.17) is 14.2 Å². The highest BCUT2D eigenvalue weighted by Gasteiger charge is 2.44. The van der Waals surface area contributed by atoms with Crippen molar-refractivity contribution in [3.63, 3.8) is 0 Å². The Hall–Kier alpha value is -3.44. The third-order valence-electron chi connectivity index (χ3n) is 4.69. The third kappa shape index (κ3) is 6.55. The second-order valence-corrected chi connectivity index (χ2v) is 10.2. The molecule has 1 amide bonds. The molecule has 0 saturated carbocycles. The van der Waals surface area contributed by atoms with Gasteiger partial charge in [0.1, 0.15) is 23.5 Å². The van der Waals surface area contributed by atoms with Gasteiger partial charge in [-0.25, -0.2) is 13.2 Å². The van der Waals surface area contributed by atoms with Gasteiger partial charge in [-0.3, -0.25) is 10.1 Å². The largest absolute Gasteiger partial charge is 0.484 e. The predicted molar refractivity (Wildman–Crippen MR) is 124 cm³/mol. The van der Waals surface area contributed by atoms with Gasteiger partial charge in [0.25, 0.3) is 15.7 Å². The fraction of sp³-hybridized carbons (Fsp3) is 0.348. The van der Waals surface area contributed by atoms with Crippen LogP contribution in [0.2, 0.25) is 0 Å². The quantitative estimate of drug-likeness (QED) is 0.421. The van der Waals surface area contributed by atoms with Crippen molar-refractivity contribution in [1.29, 1.82) is 0 Å². The van der Waals surface area contributed by atoms with Crippen molar-refractivity contribution in [2.75, 3.05) is 6.61 Å². The maximum atomic E-state index is 12.9. The maximum absolute atomic E-state index is 12.9. The lowest BCUT2D eigenvalue weighted by molar-refractivity contribution is -0.384. The molecule has 0 aliphatic carbocycles. The Labute approximate surface area is 197 Å². The molecule has 0 N–H and O–H groups in total. The molecule has 10 nitrogen and oxygen atoms in total. The van der Waals surface area contributed by atoms with Gasteiger partial charge in [0.2, 0.25) is 0 Å². The van der Waals surface area contributed by atoms with E-state index in [2.05, 4.69) is 0 Å². The number of nitro groups is 1. The van der Waals surface area contributed by atoms with Gasteiger partial charge < -0.3 is 14.2 Å². The lowest BCUT2D eigenvalue weighted by Crippen LogP contribution is -2.56. The number of nitrogens with zero attached hydrogens (tertiary/aromatic N) is 2. The molecule has 2 aromatic carbocycles. The standard InChI is InChI=1S/C23H26N2O8S/c1-23(2,3)33-22(26)24-20(16-31-15-17-7-5-4-6-8-17)21(13-14-34(24,29)30)32-19-11-9-18(10-12-19)25(27)28/h4-14,20-21H,15-16H2,1-3H3/t20-,21-/m0/s1. The van der Waals surface area contributed by atoms with Gasteiger partial charge in [0, 0.05) is 12.1 Å². The van der Waals surface area contributed by atoms with Crippen molar-refractivity contribution in [3.05, 3.63) is 81.8 Å². The summed E-state index contributed by atoms with van der Waals surface area (Å²) in [5, 5.41) is 11.8. The lowest BCUT2D eigenvalue weighted by atomic mass is 10.1. The monoisotopic (exact) mass is 490 g/mol. The van der Waals surface area contributed by atoms with Crippen LogP contribution in [0, 0.1) is 10.1 Å². The van der Waals surface area contributed by atoms with Crippen LogP contribution in [0.25, 0.3) is 0 Å². The molecular weight excluding hydrogens is 464 g/mol. The van der Waals surface area contributed by atoms with Gasteiger partial charge in [0.15, 0.2) is 0 Å². The fourth-order valence-electron chi connectivity index (χ4n) is 3.19. The molecule has 182 valence electrons. The average Bonchev–Trinajstić information content (AvgIpc) is 2.75. The molecular formula is C23H26N2O8S. The number of amides is 1. The summed E-state index contributed by atoms with van der Waals surface area (Å²) >= 11 is 0. The van der Waals surface area contributed by atoms with Crippen LogP contribution in [0.4, 0.5) is 10.5 Å². The minimum absolute atomic E-state index is 0.118. The summed E-state index contributed by atoms with van der Waals surface area (Å²) in [5.74, 6) is 0.261. The number of nitro benzene ring substituents is 1. The van der Waals surface area contributed by atoms with Gasteiger partial charge in [-0.05, 0) is 44.5 Å². The summed E-state index contributed by atoms with van der Waals surface area (Å²) in [6, 6.07) is 13.5. The topological polar surface area (TPSA) is 125 Å². The zero-order valence-corrected chi connectivity index (χ0v) is 19.8. The van der Waals surface area contributed by atoms with Gasteiger partial charge in [-0.15, -0.1) is 0 Å². The summed E-state index contributed by atoms with van der Waals surface area (Å²) in [5.41, 5.74) is -0.182. The molecule has 3 rings (SSSR count). The lowest BCUT2D eigenvalue weighted by Gasteiger charge is -2.37. The van der Waals surface area contributed by atoms with E-state index in [9.17, 15) is 23.3 Å². The van der Waals surface area contributed by atoms with Crippen LogP contribution in [-0.4, -0.2) is 48.1 Å². The number of carbonyl (C=O) groups excluding carboxylic acids is 1. The summed E-state index contributed by atoms with van der Waals surface area (Å²) in [4.78, 5) is 23.3. The molecule has 0 saturated heterocycles. The Morgan fingerprint density at radius 3 is 2.32 bits per heavy atom. The van der Waals surface area contributed by atoms with Crippen molar-refractivity contribution < 1.29 is 32.3 Å². The number of sulfonamides is 1. The zero-order chi connectivity index (χ0) is 24.9. The molecule has 0 unspecified atom stereocenters. The third-order valence-corrected chi connectivity index (χ3v) is 6.16. The number of hydrogen-bond acceptors (Lipinski definition) is 8. The highest BCUT2D eigenvalue weighted by molar-refractivity contribution is 7.92. The van der Waals surface area contributed by atoms with E-state index >= 15 is 0 Å². The Morgan fingerprint density at radius 1 is 1.09 bits per heavy atom. The number of ether oxygens (including phenoxy) is 3. The van der Waals surface area contributed by atoms with Gasteiger partial charge in [-0.1, -0.05) is 30.3 Å². The van der Waals surface area contributed by atoms with Crippen LogP contribution in [0.1, 0.15) is 26.3 Å². The van der Waals surface area contributed by atoms with E-state index in [0.29, 0.717) is 4.31 Å². The van der Waals surface area contributed by atoms with Crippen LogP contribution in [0.3, 0.4) is 0 Å². The second-order valence-electron chi connectivity index (χ2n) is 8.55. The minimum Gasteiger partial charge on any atom is -0.484 e.